The van der Waals surface area contributed by atoms with Crippen LogP contribution in [0.5, 0.6) is 11.5 Å². The van der Waals surface area contributed by atoms with Crippen molar-refractivity contribution in [3.8, 4) is 11.5 Å². The lowest BCUT2D eigenvalue weighted by molar-refractivity contribution is 0.0888. The zero-order chi connectivity index (χ0) is 24.7. The van der Waals surface area contributed by atoms with E-state index in [4.69, 9.17) is 26.2 Å². The minimum atomic E-state index is -0.770. The number of hydrogen-bond donors (Lipinski definition) is 3. The van der Waals surface area contributed by atoms with Crippen LogP contribution in [-0.2, 0) is 18.6 Å². The molecule has 0 spiro atoms. The van der Waals surface area contributed by atoms with E-state index in [9.17, 15) is 10.2 Å². The Morgan fingerprint density at radius 2 is 1.71 bits per heavy atom. The van der Waals surface area contributed by atoms with Crippen molar-refractivity contribution < 1.29 is 24.8 Å². The van der Waals surface area contributed by atoms with Gasteiger partial charge in [0.05, 0.1) is 29.7 Å². The molecule has 2 atom stereocenters. The van der Waals surface area contributed by atoms with E-state index in [0.717, 1.165) is 15.6 Å². The van der Waals surface area contributed by atoms with Gasteiger partial charge in [0.2, 0.25) is 0 Å². The lowest BCUT2D eigenvalue weighted by atomic mass is 9.78. The van der Waals surface area contributed by atoms with Gasteiger partial charge in [-0.15, -0.1) is 16.7 Å². The predicted octanol–water partition coefficient (Wildman–Crippen LogP) is 3.28. The fourth-order valence-electron chi connectivity index (χ4n) is 3.33. The third-order valence-corrected chi connectivity index (χ3v) is 6.40. The Labute approximate surface area is 212 Å². The monoisotopic (exact) mass is 553 g/mol. The second-order valence-electron chi connectivity index (χ2n) is 8.47. The molecule has 0 fully saturated rings. The maximum absolute atomic E-state index is 10.2. The molecular weight excluding hydrogens is 526 g/mol. The number of alkyl halides is 1. The van der Waals surface area contributed by atoms with Crippen molar-refractivity contribution >= 4 is 27.5 Å². The van der Waals surface area contributed by atoms with Gasteiger partial charge in [-0.2, -0.15) is 0 Å². The molecule has 2 aromatic carbocycles. The van der Waals surface area contributed by atoms with Crippen molar-refractivity contribution in [2.24, 2.45) is 0 Å². The summed E-state index contributed by atoms with van der Waals surface area (Å²) in [4.78, 5) is 0. The standard InChI is InChI=1S/C24H29BrClN3O5/c1-24(2,17-5-8-23(22(25)9-17)34-14-19(31)10-26)16-3-6-21(7-4-16)33-15-20(32)12-29-11-18(13-30)27-28-29/h3-9,11,19-20,30-32H,10,12-15H2,1-2H3. The summed E-state index contributed by atoms with van der Waals surface area (Å²) in [5.41, 5.74) is 2.35. The third-order valence-electron chi connectivity index (χ3n) is 5.43. The molecule has 0 aliphatic heterocycles. The van der Waals surface area contributed by atoms with Crippen molar-refractivity contribution in [3.63, 3.8) is 0 Å². The molecule has 0 bridgehead atoms. The zero-order valence-electron chi connectivity index (χ0n) is 19.1. The van der Waals surface area contributed by atoms with E-state index in [1.54, 1.807) is 6.20 Å². The van der Waals surface area contributed by atoms with Crippen LogP contribution in [0.15, 0.2) is 53.1 Å². The fourth-order valence-corrected chi connectivity index (χ4v) is 3.92. The van der Waals surface area contributed by atoms with Crippen LogP contribution < -0.4 is 9.47 Å². The van der Waals surface area contributed by atoms with Gasteiger partial charge in [0.1, 0.15) is 42.6 Å². The Balaban J connectivity index is 1.59. The topological polar surface area (TPSA) is 110 Å². The first kappa shape index (κ1) is 26.4. The van der Waals surface area contributed by atoms with Gasteiger partial charge in [-0.1, -0.05) is 37.3 Å². The van der Waals surface area contributed by atoms with E-state index in [2.05, 4.69) is 40.1 Å². The van der Waals surface area contributed by atoms with E-state index in [-0.39, 0.29) is 37.7 Å². The first-order valence-electron chi connectivity index (χ1n) is 10.8. The first-order chi connectivity index (χ1) is 16.2. The summed E-state index contributed by atoms with van der Waals surface area (Å²) >= 11 is 9.17. The summed E-state index contributed by atoms with van der Waals surface area (Å²) in [7, 11) is 0. The Hall–Kier alpha value is -2.17. The molecule has 8 nitrogen and oxygen atoms in total. The van der Waals surface area contributed by atoms with Gasteiger partial charge in [-0.3, -0.25) is 0 Å². The number of hydrogen-bond acceptors (Lipinski definition) is 7. The molecule has 0 aliphatic carbocycles. The molecule has 1 aromatic heterocycles. The molecule has 34 heavy (non-hydrogen) atoms. The molecule has 10 heteroatoms. The number of benzene rings is 2. The van der Waals surface area contributed by atoms with Gasteiger partial charge in [0.25, 0.3) is 0 Å². The smallest absolute Gasteiger partial charge is 0.133 e. The maximum Gasteiger partial charge on any atom is 0.133 e. The highest BCUT2D eigenvalue weighted by Crippen LogP contribution is 2.36. The quantitative estimate of drug-likeness (QED) is 0.295. The fraction of sp³-hybridized carbons (Fsp3) is 0.417. The van der Waals surface area contributed by atoms with Gasteiger partial charge < -0.3 is 24.8 Å². The summed E-state index contributed by atoms with van der Waals surface area (Å²) in [6.45, 7) is 4.52. The highest BCUT2D eigenvalue weighted by atomic mass is 79.9. The van der Waals surface area contributed by atoms with Crippen molar-refractivity contribution in [2.45, 2.75) is 44.6 Å². The van der Waals surface area contributed by atoms with E-state index in [1.807, 2.05) is 42.5 Å². The minimum absolute atomic E-state index is 0.101. The minimum Gasteiger partial charge on any atom is -0.491 e. The van der Waals surface area contributed by atoms with Crippen LogP contribution in [0.2, 0.25) is 0 Å². The highest BCUT2D eigenvalue weighted by Gasteiger charge is 2.24. The van der Waals surface area contributed by atoms with Gasteiger partial charge in [0, 0.05) is 5.41 Å². The maximum atomic E-state index is 10.2. The molecule has 184 valence electrons. The van der Waals surface area contributed by atoms with Crippen LogP contribution in [0.4, 0.5) is 0 Å². The van der Waals surface area contributed by atoms with Crippen molar-refractivity contribution in [1.82, 2.24) is 15.0 Å². The lowest BCUT2D eigenvalue weighted by Gasteiger charge is -2.27. The summed E-state index contributed by atoms with van der Waals surface area (Å²) in [6, 6.07) is 13.6. The summed E-state index contributed by atoms with van der Waals surface area (Å²) in [5, 5.41) is 36.5. The molecule has 3 aromatic rings. The highest BCUT2D eigenvalue weighted by molar-refractivity contribution is 9.10. The summed E-state index contributed by atoms with van der Waals surface area (Å²) in [6.07, 6.45) is 0.0987. The third kappa shape index (κ3) is 6.93. The number of aliphatic hydroxyl groups excluding tert-OH is 3. The van der Waals surface area contributed by atoms with Crippen LogP contribution in [0, 0.1) is 0 Å². The Morgan fingerprint density at radius 1 is 1.03 bits per heavy atom. The number of aliphatic hydroxyl groups is 3. The number of aromatic nitrogens is 3. The van der Waals surface area contributed by atoms with Crippen molar-refractivity contribution in [3.05, 3.63) is 70.0 Å². The van der Waals surface area contributed by atoms with Crippen LogP contribution in [0.25, 0.3) is 0 Å². The molecule has 3 N–H and O–H groups in total. The average Bonchev–Trinajstić information content (AvgIpc) is 3.29. The van der Waals surface area contributed by atoms with Crippen molar-refractivity contribution in [2.75, 3.05) is 19.1 Å². The predicted molar refractivity (Wildman–Crippen MR) is 132 cm³/mol. The molecule has 2 unspecified atom stereocenters. The van der Waals surface area contributed by atoms with Crippen LogP contribution in [0.1, 0.15) is 30.7 Å². The Kier molecular flexibility index (Phi) is 9.32. The van der Waals surface area contributed by atoms with E-state index >= 15 is 0 Å². The van der Waals surface area contributed by atoms with E-state index < -0.39 is 12.2 Å². The number of ether oxygens (including phenoxy) is 2. The first-order valence-corrected chi connectivity index (χ1v) is 12.1. The number of rotatable bonds is 12. The van der Waals surface area contributed by atoms with Gasteiger partial charge in [-0.05, 0) is 51.3 Å². The number of halogens is 2. The molecule has 0 aliphatic rings. The molecule has 0 amide bonds. The second kappa shape index (κ2) is 12.0. The lowest BCUT2D eigenvalue weighted by Crippen LogP contribution is -2.24. The average molecular weight is 555 g/mol. The summed E-state index contributed by atoms with van der Waals surface area (Å²) < 4.78 is 13.6. The Bertz CT molecular complexity index is 1060. The Morgan fingerprint density at radius 3 is 2.32 bits per heavy atom. The van der Waals surface area contributed by atoms with E-state index in [1.165, 1.54) is 4.68 Å². The molecule has 3 rings (SSSR count). The van der Waals surface area contributed by atoms with Gasteiger partial charge >= 0.3 is 0 Å². The molecule has 0 radical (unpaired) electrons. The number of nitrogens with zero attached hydrogens (tertiary/aromatic N) is 3. The molecular formula is C24H29BrClN3O5. The van der Waals surface area contributed by atoms with E-state index in [0.29, 0.717) is 17.2 Å². The second-order valence-corrected chi connectivity index (χ2v) is 9.63. The SMILES string of the molecule is CC(C)(c1ccc(OCC(O)Cn2cc(CO)nn2)cc1)c1ccc(OCC(O)CCl)c(Br)c1. The van der Waals surface area contributed by atoms with Gasteiger partial charge in [-0.25, -0.2) is 4.68 Å². The molecule has 0 saturated carbocycles. The largest absolute Gasteiger partial charge is 0.491 e. The van der Waals surface area contributed by atoms with Gasteiger partial charge in [0.15, 0.2) is 0 Å². The van der Waals surface area contributed by atoms with Crippen LogP contribution >= 0.6 is 27.5 Å². The van der Waals surface area contributed by atoms with Crippen LogP contribution in [0.3, 0.4) is 0 Å². The molecule has 0 saturated heterocycles. The van der Waals surface area contributed by atoms with Crippen LogP contribution in [-0.4, -0.2) is 61.6 Å². The van der Waals surface area contributed by atoms with Crippen molar-refractivity contribution in [1.29, 1.82) is 0 Å². The zero-order valence-corrected chi connectivity index (χ0v) is 21.4. The molecule has 1 heterocycles. The summed E-state index contributed by atoms with van der Waals surface area (Å²) in [5.74, 6) is 1.41. The normalized spacial score (nSPS) is 13.5.